The second kappa shape index (κ2) is 9.11. The molecule has 37 heavy (non-hydrogen) atoms. The molecule has 8 nitrogen and oxygen atoms in total. The highest BCUT2D eigenvalue weighted by Gasteiger charge is 2.72. The number of hydrogen-bond acceptors (Lipinski definition) is 6. The lowest BCUT2D eigenvalue weighted by Crippen LogP contribution is -2.57. The van der Waals surface area contributed by atoms with Gasteiger partial charge in [0.05, 0.1) is 31.3 Å². The third kappa shape index (κ3) is 3.61. The number of aliphatic hydroxyl groups excluding tert-OH is 1. The van der Waals surface area contributed by atoms with Crippen LogP contribution in [0.25, 0.3) is 10.8 Å². The van der Waals surface area contributed by atoms with Gasteiger partial charge >= 0.3 is 5.97 Å². The maximum absolute atomic E-state index is 14.4. The molecule has 0 radical (unpaired) electrons. The molecule has 192 valence electrons. The van der Waals surface area contributed by atoms with Gasteiger partial charge in [-0.25, -0.2) is 0 Å². The lowest BCUT2D eigenvalue weighted by Gasteiger charge is -2.37. The largest absolute Gasteiger partial charge is 0.465 e. The Bertz CT molecular complexity index is 1320. The fourth-order valence-corrected chi connectivity index (χ4v) is 6.33. The number of fused-ring (bicyclic) bond motifs is 3. The number of carbonyl (C=O) groups is 3. The van der Waals surface area contributed by atoms with Crippen molar-refractivity contribution in [2.45, 2.75) is 43.6 Å². The van der Waals surface area contributed by atoms with E-state index in [0.29, 0.717) is 12.1 Å². The summed E-state index contributed by atoms with van der Waals surface area (Å²) >= 11 is 0. The van der Waals surface area contributed by atoms with Crippen molar-refractivity contribution in [1.82, 2.24) is 4.90 Å². The lowest BCUT2D eigenvalue weighted by atomic mass is 9.78. The first-order chi connectivity index (χ1) is 18.0. The molecule has 4 aliphatic heterocycles. The third-order valence-electron chi connectivity index (χ3n) is 8.07. The number of rotatable bonds is 3. The van der Waals surface area contributed by atoms with Crippen molar-refractivity contribution < 1.29 is 29.0 Å². The number of esters is 1. The minimum Gasteiger partial charge on any atom is -0.465 e. The number of allylic oxidation sites excluding steroid dienone is 1. The number of nitrogens with zero attached hydrogens (tertiary/aromatic N) is 2. The van der Waals surface area contributed by atoms with Crippen molar-refractivity contribution in [3.8, 4) is 0 Å². The highest BCUT2D eigenvalue weighted by molar-refractivity contribution is 6.06. The normalized spacial score (nSPS) is 33.1. The summed E-state index contributed by atoms with van der Waals surface area (Å²) in [5, 5.41) is 12.1. The van der Waals surface area contributed by atoms with Gasteiger partial charge in [-0.1, -0.05) is 54.6 Å². The Morgan fingerprint density at radius 2 is 1.89 bits per heavy atom. The Balaban J connectivity index is 1.47. The zero-order valence-electron chi connectivity index (χ0n) is 20.7. The number of benzene rings is 2. The molecule has 0 saturated carbocycles. The number of likely N-dealkylation sites (tertiary alicyclic amines) is 1. The average Bonchev–Trinajstić information content (AvgIpc) is 3.33. The molecule has 1 spiro atoms. The first-order valence-electron chi connectivity index (χ1n) is 12.9. The van der Waals surface area contributed by atoms with E-state index in [1.807, 2.05) is 60.7 Å². The van der Waals surface area contributed by atoms with E-state index in [1.54, 1.807) is 17.9 Å². The molecular weight excluding hydrogens is 472 g/mol. The van der Waals surface area contributed by atoms with Gasteiger partial charge < -0.3 is 24.4 Å². The number of anilines is 1. The molecular formula is C29H30N2O6. The topological polar surface area (TPSA) is 96.4 Å². The summed E-state index contributed by atoms with van der Waals surface area (Å²) < 4.78 is 12.1. The second-order valence-corrected chi connectivity index (χ2v) is 10.2. The van der Waals surface area contributed by atoms with Crippen LogP contribution in [-0.4, -0.2) is 71.3 Å². The molecule has 6 atom stereocenters. The summed E-state index contributed by atoms with van der Waals surface area (Å²) in [7, 11) is 0. The lowest BCUT2D eigenvalue weighted by molar-refractivity contribution is -0.155. The molecule has 4 aliphatic rings. The van der Waals surface area contributed by atoms with Gasteiger partial charge in [-0.3, -0.25) is 14.4 Å². The highest BCUT2D eigenvalue weighted by atomic mass is 16.6. The molecule has 4 heterocycles. The monoisotopic (exact) mass is 502 g/mol. The molecule has 0 aromatic heterocycles. The summed E-state index contributed by atoms with van der Waals surface area (Å²) in [4.78, 5) is 44.6. The number of ether oxygens (including phenoxy) is 2. The predicted molar refractivity (Wildman–Crippen MR) is 137 cm³/mol. The van der Waals surface area contributed by atoms with E-state index in [0.717, 1.165) is 17.2 Å². The molecule has 2 aromatic carbocycles. The van der Waals surface area contributed by atoms with Crippen molar-refractivity contribution in [1.29, 1.82) is 0 Å². The van der Waals surface area contributed by atoms with E-state index < -0.39 is 41.6 Å². The fourth-order valence-electron chi connectivity index (χ4n) is 6.33. The minimum atomic E-state index is -1.35. The van der Waals surface area contributed by atoms with Crippen molar-refractivity contribution in [2.24, 2.45) is 11.8 Å². The van der Waals surface area contributed by atoms with Crippen LogP contribution in [0, 0.1) is 11.8 Å². The SMILES string of the molecule is C[C@H](CO)N1C(=O)[C@@H]2[C@H]3C(=O)OCCC/C=C\[C@H]3O[C@@]23C=CCN(c2ccc4ccccc4c2)C(=O)C13. The van der Waals surface area contributed by atoms with E-state index in [4.69, 9.17) is 9.47 Å². The molecule has 0 aliphatic carbocycles. The number of cyclic esters (lactones) is 1. The maximum Gasteiger partial charge on any atom is 0.312 e. The number of aliphatic hydroxyl groups is 1. The van der Waals surface area contributed by atoms with E-state index in [-0.39, 0.29) is 31.6 Å². The summed E-state index contributed by atoms with van der Waals surface area (Å²) in [5.41, 5.74) is -0.640. The second-order valence-electron chi connectivity index (χ2n) is 10.2. The fraction of sp³-hybridized carbons (Fsp3) is 0.414. The summed E-state index contributed by atoms with van der Waals surface area (Å²) in [6.07, 6.45) is 8.17. The summed E-state index contributed by atoms with van der Waals surface area (Å²) in [5.74, 6) is -2.96. The van der Waals surface area contributed by atoms with E-state index in [2.05, 4.69) is 0 Å². The molecule has 1 unspecified atom stereocenters. The van der Waals surface area contributed by atoms with Crippen LogP contribution < -0.4 is 4.90 Å². The summed E-state index contributed by atoms with van der Waals surface area (Å²) in [6, 6.07) is 12.1. The van der Waals surface area contributed by atoms with E-state index >= 15 is 0 Å². The Labute approximate surface area is 215 Å². The van der Waals surface area contributed by atoms with Crippen LogP contribution in [0.1, 0.15) is 19.8 Å². The van der Waals surface area contributed by atoms with Crippen LogP contribution in [-0.2, 0) is 23.9 Å². The first kappa shape index (κ1) is 23.9. The van der Waals surface area contributed by atoms with Gasteiger partial charge in [0.1, 0.15) is 17.6 Å². The van der Waals surface area contributed by atoms with Crippen LogP contribution in [0.2, 0.25) is 0 Å². The molecule has 0 bridgehead atoms. The van der Waals surface area contributed by atoms with Crippen LogP contribution in [0.5, 0.6) is 0 Å². The predicted octanol–water partition coefficient (Wildman–Crippen LogP) is 2.60. The van der Waals surface area contributed by atoms with Crippen molar-refractivity contribution in [3.05, 3.63) is 66.8 Å². The zero-order valence-corrected chi connectivity index (χ0v) is 20.7. The maximum atomic E-state index is 14.4. The summed E-state index contributed by atoms with van der Waals surface area (Å²) in [6.45, 7) is 1.94. The van der Waals surface area contributed by atoms with Crippen LogP contribution >= 0.6 is 0 Å². The number of amides is 2. The zero-order chi connectivity index (χ0) is 25.7. The van der Waals surface area contributed by atoms with Gasteiger partial charge in [0.2, 0.25) is 5.91 Å². The quantitative estimate of drug-likeness (QED) is 0.512. The molecule has 2 amide bonds. The minimum absolute atomic E-state index is 0.269. The smallest absolute Gasteiger partial charge is 0.312 e. The average molecular weight is 503 g/mol. The number of hydrogen-bond donors (Lipinski definition) is 1. The molecule has 2 saturated heterocycles. The van der Waals surface area contributed by atoms with Gasteiger partial charge in [0.15, 0.2) is 0 Å². The molecule has 2 fully saturated rings. The van der Waals surface area contributed by atoms with E-state index in [1.165, 1.54) is 4.90 Å². The van der Waals surface area contributed by atoms with Gasteiger partial charge in [0, 0.05) is 12.2 Å². The van der Waals surface area contributed by atoms with Crippen LogP contribution in [0.4, 0.5) is 5.69 Å². The van der Waals surface area contributed by atoms with Crippen LogP contribution in [0.15, 0.2) is 66.8 Å². The molecule has 1 N–H and O–H groups in total. The Morgan fingerprint density at radius 1 is 1.08 bits per heavy atom. The van der Waals surface area contributed by atoms with Crippen molar-refractivity contribution in [3.63, 3.8) is 0 Å². The van der Waals surface area contributed by atoms with Gasteiger partial charge in [-0.05, 0) is 42.7 Å². The Kier molecular flexibility index (Phi) is 5.88. The first-order valence-corrected chi connectivity index (χ1v) is 12.9. The third-order valence-corrected chi connectivity index (χ3v) is 8.07. The molecule has 6 rings (SSSR count). The van der Waals surface area contributed by atoms with Gasteiger partial charge in [-0.2, -0.15) is 0 Å². The van der Waals surface area contributed by atoms with Gasteiger partial charge in [0.25, 0.3) is 5.91 Å². The van der Waals surface area contributed by atoms with Crippen LogP contribution in [0.3, 0.4) is 0 Å². The molecule has 8 heteroatoms. The van der Waals surface area contributed by atoms with Crippen molar-refractivity contribution >= 4 is 34.2 Å². The van der Waals surface area contributed by atoms with E-state index in [9.17, 15) is 19.5 Å². The highest BCUT2D eigenvalue weighted by Crippen LogP contribution is 2.53. The number of carbonyl (C=O) groups excluding carboxylic acids is 3. The van der Waals surface area contributed by atoms with Crippen molar-refractivity contribution in [2.75, 3.05) is 24.7 Å². The molecule has 2 aromatic rings. The Morgan fingerprint density at radius 3 is 2.70 bits per heavy atom. The standard InChI is InChI=1S/C29H30N2O6/c1-18(17-32)31-25-27(34)30(21-12-11-19-8-4-5-9-20(19)16-21)14-7-13-29(25)24(26(31)33)23-22(37-29)10-3-2-6-15-36-28(23)35/h3-5,7-13,16,18,22-25,32H,2,6,14-15,17H2,1H3/b10-3-/t18-,22-,23+,24+,25?,29+/m1/s1. The Hall–Kier alpha value is -3.49. The van der Waals surface area contributed by atoms with Gasteiger partial charge in [-0.15, -0.1) is 0 Å².